The van der Waals surface area contributed by atoms with Crippen molar-refractivity contribution in [2.75, 3.05) is 7.11 Å². The first-order valence-electron chi connectivity index (χ1n) is 9.52. The SMILES string of the molecule is COc1ccc(Cn2ccc3cc(Oc4cc(C(N)OC(C)=O)ncn4)ccc32)cn1. The molecule has 0 bridgehead atoms. The zero-order valence-electron chi connectivity index (χ0n) is 17.1. The van der Waals surface area contributed by atoms with Crippen LogP contribution in [0.3, 0.4) is 0 Å². The summed E-state index contributed by atoms with van der Waals surface area (Å²) in [5, 5.41) is 1.02. The van der Waals surface area contributed by atoms with Crippen molar-refractivity contribution in [1.82, 2.24) is 19.5 Å². The predicted molar refractivity (Wildman–Crippen MR) is 113 cm³/mol. The quantitative estimate of drug-likeness (QED) is 0.359. The molecule has 0 aliphatic carbocycles. The molecule has 0 amide bonds. The lowest BCUT2D eigenvalue weighted by Gasteiger charge is -2.12. The van der Waals surface area contributed by atoms with Crippen molar-refractivity contribution in [3.63, 3.8) is 0 Å². The van der Waals surface area contributed by atoms with E-state index in [0.717, 1.165) is 16.5 Å². The van der Waals surface area contributed by atoms with Gasteiger partial charge < -0.3 is 18.8 Å². The Kier molecular flexibility index (Phi) is 5.76. The molecule has 4 rings (SSSR count). The number of ether oxygens (including phenoxy) is 3. The molecule has 1 aromatic carbocycles. The predicted octanol–water partition coefficient (Wildman–Crippen LogP) is 3.20. The van der Waals surface area contributed by atoms with Crippen LogP contribution in [0.2, 0.25) is 0 Å². The third-order valence-electron chi connectivity index (χ3n) is 4.57. The van der Waals surface area contributed by atoms with Crippen LogP contribution >= 0.6 is 0 Å². The molecular weight excluding hydrogens is 398 g/mol. The minimum Gasteiger partial charge on any atom is -0.481 e. The maximum atomic E-state index is 11.1. The second-order valence-electron chi connectivity index (χ2n) is 6.79. The highest BCUT2D eigenvalue weighted by Gasteiger charge is 2.13. The Bertz CT molecular complexity index is 1210. The van der Waals surface area contributed by atoms with Gasteiger partial charge in [0.1, 0.15) is 17.8 Å². The third-order valence-corrected chi connectivity index (χ3v) is 4.57. The molecule has 0 fully saturated rings. The van der Waals surface area contributed by atoms with E-state index in [4.69, 9.17) is 19.9 Å². The Hall–Kier alpha value is -3.98. The van der Waals surface area contributed by atoms with Gasteiger partial charge in [0.05, 0.1) is 7.11 Å². The summed E-state index contributed by atoms with van der Waals surface area (Å²) < 4.78 is 18.0. The van der Waals surface area contributed by atoms with Crippen molar-refractivity contribution in [3.05, 3.63) is 72.4 Å². The first-order chi connectivity index (χ1) is 15.0. The number of nitrogens with two attached hydrogens (primary N) is 1. The highest BCUT2D eigenvalue weighted by atomic mass is 16.6. The third kappa shape index (κ3) is 4.78. The molecule has 3 heterocycles. The number of methoxy groups -OCH3 is 1. The van der Waals surface area contributed by atoms with Crippen LogP contribution in [-0.4, -0.2) is 32.6 Å². The molecule has 4 aromatic rings. The lowest BCUT2D eigenvalue weighted by atomic mass is 10.2. The maximum absolute atomic E-state index is 11.1. The van der Waals surface area contributed by atoms with E-state index >= 15 is 0 Å². The van der Waals surface area contributed by atoms with Gasteiger partial charge in [-0.05, 0) is 29.8 Å². The van der Waals surface area contributed by atoms with Crippen molar-refractivity contribution in [3.8, 4) is 17.5 Å². The average molecular weight is 419 g/mol. The summed E-state index contributed by atoms with van der Waals surface area (Å²) in [6.07, 6.45) is 4.15. The van der Waals surface area contributed by atoms with Gasteiger partial charge in [-0.3, -0.25) is 10.5 Å². The van der Waals surface area contributed by atoms with Crippen LogP contribution in [0.25, 0.3) is 10.9 Å². The molecule has 0 aliphatic rings. The van der Waals surface area contributed by atoms with Gasteiger partial charge in [-0.1, -0.05) is 6.07 Å². The summed E-state index contributed by atoms with van der Waals surface area (Å²) in [7, 11) is 1.59. The molecule has 1 atom stereocenters. The van der Waals surface area contributed by atoms with E-state index < -0.39 is 12.2 Å². The molecule has 31 heavy (non-hydrogen) atoms. The molecule has 3 aromatic heterocycles. The Morgan fingerprint density at radius 1 is 1.10 bits per heavy atom. The number of fused-ring (bicyclic) bond motifs is 1. The number of pyridine rings is 1. The van der Waals surface area contributed by atoms with E-state index in [9.17, 15) is 4.79 Å². The molecule has 0 radical (unpaired) electrons. The normalized spacial score (nSPS) is 11.8. The van der Waals surface area contributed by atoms with Crippen LogP contribution in [0.15, 0.2) is 61.2 Å². The smallest absolute Gasteiger partial charge is 0.304 e. The molecular formula is C22H21N5O4. The van der Waals surface area contributed by atoms with E-state index in [-0.39, 0.29) is 0 Å². The largest absolute Gasteiger partial charge is 0.481 e. The molecule has 1 unspecified atom stereocenters. The van der Waals surface area contributed by atoms with Gasteiger partial charge in [0.2, 0.25) is 11.8 Å². The number of esters is 1. The van der Waals surface area contributed by atoms with Gasteiger partial charge in [0.25, 0.3) is 0 Å². The number of hydrogen-bond donors (Lipinski definition) is 1. The van der Waals surface area contributed by atoms with Crippen molar-refractivity contribution in [2.24, 2.45) is 5.73 Å². The van der Waals surface area contributed by atoms with Crippen molar-refractivity contribution in [1.29, 1.82) is 0 Å². The molecule has 0 saturated heterocycles. The van der Waals surface area contributed by atoms with Crippen molar-refractivity contribution < 1.29 is 19.0 Å². The van der Waals surface area contributed by atoms with Crippen LogP contribution in [0.1, 0.15) is 24.4 Å². The van der Waals surface area contributed by atoms with E-state index in [1.165, 1.54) is 13.3 Å². The van der Waals surface area contributed by atoms with Crippen molar-refractivity contribution in [2.45, 2.75) is 19.7 Å². The first kappa shape index (κ1) is 20.3. The van der Waals surface area contributed by atoms with Crippen LogP contribution in [0.4, 0.5) is 0 Å². The molecule has 158 valence electrons. The zero-order chi connectivity index (χ0) is 21.8. The standard InChI is InChI=1S/C22H21N5O4/c1-14(28)30-22(23)18-10-21(26-13-25-18)31-17-4-5-19-16(9-17)7-8-27(19)12-15-3-6-20(29-2)24-11-15/h3-11,13,22H,12,23H2,1-2H3. The summed E-state index contributed by atoms with van der Waals surface area (Å²) in [5.74, 6) is 1.01. The van der Waals surface area contributed by atoms with Crippen LogP contribution < -0.4 is 15.2 Å². The highest BCUT2D eigenvalue weighted by molar-refractivity contribution is 5.81. The van der Waals surface area contributed by atoms with Gasteiger partial charge in [-0.15, -0.1) is 0 Å². The summed E-state index contributed by atoms with van der Waals surface area (Å²) in [5.41, 5.74) is 8.28. The maximum Gasteiger partial charge on any atom is 0.304 e. The zero-order valence-corrected chi connectivity index (χ0v) is 17.1. The summed E-state index contributed by atoms with van der Waals surface area (Å²) in [4.78, 5) is 23.5. The van der Waals surface area contributed by atoms with Gasteiger partial charge in [0.15, 0.2) is 6.23 Å². The number of carbonyl (C=O) groups excluding carboxylic acids is 1. The van der Waals surface area contributed by atoms with Crippen molar-refractivity contribution >= 4 is 16.9 Å². The minimum absolute atomic E-state index is 0.302. The number of hydrogen-bond acceptors (Lipinski definition) is 8. The Balaban J connectivity index is 1.51. The second-order valence-corrected chi connectivity index (χ2v) is 6.79. The van der Waals surface area contributed by atoms with E-state index in [2.05, 4.69) is 19.5 Å². The average Bonchev–Trinajstić information content (AvgIpc) is 3.16. The molecule has 0 saturated carbocycles. The van der Waals surface area contributed by atoms with Gasteiger partial charge >= 0.3 is 5.97 Å². The topological polar surface area (TPSA) is 114 Å². The van der Waals surface area contributed by atoms with E-state index in [1.807, 2.05) is 42.6 Å². The van der Waals surface area contributed by atoms with Gasteiger partial charge in [-0.25, -0.2) is 15.0 Å². The number of aromatic nitrogens is 4. The molecule has 0 aliphatic heterocycles. The van der Waals surface area contributed by atoms with Gasteiger partial charge in [0, 0.05) is 48.9 Å². The fourth-order valence-corrected chi connectivity index (χ4v) is 3.13. The number of carbonyl (C=O) groups is 1. The fraction of sp³-hybridized carbons (Fsp3) is 0.182. The number of rotatable bonds is 7. The minimum atomic E-state index is -0.980. The van der Waals surface area contributed by atoms with Crippen LogP contribution in [0, 0.1) is 0 Å². The first-order valence-corrected chi connectivity index (χ1v) is 9.52. The monoisotopic (exact) mass is 419 g/mol. The Morgan fingerprint density at radius 3 is 2.71 bits per heavy atom. The Morgan fingerprint density at radius 2 is 1.97 bits per heavy atom. The highest BCUT2D eigenvalue weighted by Crippen LogP contribution is 2.27. The van der Waals surface area contributed by atoms with Crippen LogP contribution in [0.5, 0.6) is 17.5 Å². The summed E-state index contributed by atoms with van der Waals surface area (Å²) in [6.45, 7) is 1.97. The summed E-state index contributed by atoms with van der Waals surface area (Å²) in [6, 6.07) is 13.2. The fourth-order valence-electron chi connectivity index (χ4n) is 3.13. The number of benzene rings is 1. The molecule has 0 spiro atoms. The Labute approximate surface area is 178 Å². The van der Waals surface area contributed by atoms with E-state index in [1.54, 1.807) is 19.4 Å². The lowest BCUT2D eigenvalue weighted by molar-refractivity contribution is -0.146. The molecule has 2 N–H and O–H groups in total. The second kappa shape index (κ2) is 8.80. The van der Waals surface area contributed by atoms with Gasteiger partial charge in [-0.2, -0.15) is 0 Å². The molecule has 9 heteroatoms. The molecule has 9 nitrogen and oxygen atoms in total. The number of nitrogens with zero attached hydrogens (tertiary/aromatic N) is 4. The summed E-state index contributed by atoms with van der Waals surface area (Å²) >= 11 is 0. The lowest BCUT2D eigenvalue weighted by Crippen LogP contribution is -2.18. The van der Waals surface area contributed by atoms with E-state index in [0.29, 0.717) is 29.7 Å². The van der Waals surface area contributed by atoms with Crippen LogP contribution in [-0.2, 0) is 16.1 Å².